The lowest BCUT2D eigenvalue weighted by atomic mass is 9.97. The van der Waals surface area contributed by atoms with Gasteiger partial charge in [-0.3, -0.25) is 14.3 Å². The molecule has 0 saturated carbocycles. The van der Waals surface area contributed by atoms with Crippen molar-refractivity contribution in [3.63, 3.8) is 0 Å². The van der Waals surface area contributed by atoms with Crippen LogP contribution >= 0.6 is 0 Å². The van der Waals surface area contributed by atoms with Crippen LogP contribution in [-0.4, -0.2) is 51.7 Å². The maximum absolute atomic E-state index is 13.1. The Hall–Kier alpha value is -3.65. The number of amides is 2. The molecule has 8 nitrogen and oxygen atoms in total. The Bertz CT molecular complexity index is 1300. The van der Waals surface area contributed by atoms with Crippen molar-refractivity contribution in [1.82, 2.24) is 19.7 Å². The number of benzene rings is 1. The molecular formula is C24H25N5O3. The van der Waals surface area contributed by atoms with Gasteiger partial charge in [0.25, 0.3) is 11.8 Å². The van der Waals surface area contributed by atoms with Crippen molar-refractivity contribution in [2.45, 2.75) is 20.5 Å². The number of carbonyl (C=O) groups is 2. The van der Waals surface area contributed by atoms with E-state index in [1.807, 2.05) is 49.8 Å². The third-order valence-corrected chi connectivity index (χ3v) is 6.16. The van der Waals surface area contributed by atoms with Gasteiger partial charge < -0.3 is 19.9 Å². The molecule has 0 fully saturated rings. The topological polar surface area (TPSA) is 92.2 Å². The van der Waals surface area contributed by atoms with Crippen LogP contribution in [0.3, 0.4) is 0 Å². The molecule has 0 saturated heterocycles. The summed E-state index contributed by atoms with van der Waals surface area (Å²) in [6, 6.07) is 7.74. The molecule has 3 aromatic rings. The Balaban J connectivity index is 1.73. The molecule has 2 aliphatic rings. The second-order valence-electron chi connectivity index (χ2n) is 8.36. The molecule has 2 aromatic heterocycles. The predicted molar refractivity (Wildman–Crippen MR) is 122 cm³/mol. The van der Waals surface area contributed by atoms with E-state index in [-0.39, 0.29) is 11.8 Å². The molecule has 164 valence electrons. The zero-order chi connectivity index (χ0) is 22.6. The average Bonchev–Trinajstić information content (AvgIpc) is 3.37. The molecule has 32 heavy (non-hydrogen) atoms. The van der Waals surface area contributed by atoms with Gasteiger partial charge >= 0.3 is 0 Å². The van der Waals surface area contributed by atoms with Crippen molar-refractivity contribution < 1.29 is 14.3 Å². The van der Waals surface area contributed by atoms with Gasteiger partial charge in [0.05, 0.1) is 35.7 Å². The Labute approximate surface area is 185 Å². The molecule has 0 spiro atoms. The maximum atomic E-state index is 13.1. The lowest BCUT2D eigenvalue weighted by molar-refractivity contribution is -0.110. The van der Waals surface area contributed by atoms with E-state index in [0.717, 1.165) is 39.5 Å². The molecular weight excluding hydrogens is 406 g/mol. The molecule has 0 atom stereocenters. The summed E-state index contributed by atoms with van der Waals surface area (Å²) in [4.78, 5) is 30.8. The summed E-state index contributed by atoms with van der Waals surface area (Å²) in [6.45, 7) is 5.09. The minimum Gasteiger partial charge on any atom is -0.373 e. The van der Waals surface area contributed by atoms with Gasteiger partial charge in [-0.25, -0.2) is 0 Å². The van der Waals surface area contributed by atoms with Gasteiger partial charge in [0.15, 0.2) is 0 Å². The van der Waals surface area contributed by atoms with Crippen molar-refractivity contribution >= 4 is 29.2 Å². The molecule has 4 heterocycles. The summed E-state index contributed by atoms with van der Waals surface area (Å²) < 4.78 is 7.75. The summed E-state index contributed by atoms with van der Waals surface area (Å²) >= 11 is 0. The van der Waals surface area contributed by atoms with Gasteiger partial charge in [-0.2, -0.15) is 5.10 Å². The Morgan fingerprint density at radius 2 is 1.91 bits per heavy atom. The number of aromatic nitrogens is 3. The third kappa shape index (κ3) is 3.23. The van der Waals surface area contributed by atoms with Crippen LogP contribution in [0.25, 0.3) is 22.8 Å². The fourth-order valence-electron chi connectivity index (χ4n) is 4.36. The average molecular weight is 431 g/mol. The number of nitrogens with zero attached hydrogens (tertiary/aromatic N) is 3. The minimum absolute atomic E-state index is 0.124. The number of nitrogens with one attached hydrogen (secondary N) is 2. The first kappa shape index (κ1) is 20.3. The molecule has 2 N–H and O–H groups in total. The molecule has 0 radical (unpaired) electrons. The molecule has 8 heteroatoms. The first-order chi connectivity index (χ1) is 15.3. The number of carbonyl (C=O) groups excluding carboxylic acids is 2. The first-order valence-electron chi connectivity index (χ1n) is 10.6. The zero-order valence-corrected chi connectivity index (χ0v) is 18.6. The number of rotatable bonds is 0. The fourth-order valence-corrected chi connectivity index (χ4v) is 4.36. The molecule has 2 aliphatic heterocycles. The molecule has 2 bridgehead atoms. The van der Waals surface area contributed by atoms with E-state index in [1.165, 1.54) is 0 Å². The van der Waals surface area contributed by atoms with Crippen LogP contribution in [0.15, 0.2) is 24.3 Å². The second kappa shape index (κ2) is 7.49. The van der Waals surface area contributed by atoms with E-state index >= 15 is 0 Å². The second-order valence-corrected chi connectivity index (χ2v) is 8.36. The van der Waals surface area contributed by atoms with E-state index in [1.54, 1.807) is 18.0 Å². The summed E-state index contributed by atoms with van der Waals surface area (Å²) in [7, 11) is 3.66. The minimum atomic E-state index is -0.188. The number of aromatic amines is 1. The van der Waals surface area contributed by atoms with Gasteiger partial charge in [0.1, 0.15) is 0 Å². The standard InChI is InChI=1S/C24H25N5O3/c1-13-9-18-20(25-13)11-17-16-10-15(5-6-19(16)26-23(17)30)22-14(2)29(4)27-21(22)12-32-8-7-28(3)24(18)31/h5-6,9-11,25H,7-8,12H2,1-4H3,(H,26,30)/b17-11+. The van der Waals surface area contributed by atoms with Gasteiger partial charge in [-0.1, -0.05) is 6.07 Å². The van der Waals surface area contributed by atoms with E-state index in [4.69, 9.17) is 4.74 Å². The molecule has 0 aliphatic carbocycles. The first-order valence-corrected chi connectivity index (χ1v) is 10.6. The highest BCUT2D eigenvalue weighted by Crippen LogP contribution is 2.38. The van der Waals surface area contributed by atoms with Gasteiger partial charge in [0, 0.05) is 48.8 Å². The monoisotopic (exact) mass is 431 g/mol. The van der Waals surface area contributed by atoms with Crippen LogP contribution in [0.4, 0.5) is 5.69 Å². The van der Waals surface area contributed by atoms with Crippen LogP contribution in [-0.2, 0) is 23.2 Å². The highest BCUT2D eigenvalue weighted by molar-refractivity contribution is 6.35. The number of hydrogen-bond donors (Lipinski definition) is 2. The van der Waals surface area contributed by atoms with E-state index in [2.05, 4.69) is 15.4 Å². The Kier molecular flexibility index (Phi) is 4.74. The number of likely N-dealkylation sites (N-methyl/N-ethyl adjacent to an activating group) is 1. The van der Waals surface area contributed by atoms with Gasteiger partial charge in [0.2, 0.25) is 0 Å². The smallest absolute Gasteiger partial charge is 0.256 e. The molecule has 0 unspecified atom stereocenters. The van der Waals surface area contributed by atoms with E-state index in [9.17, 15) is 9.59 Å². The van der Waals surface area contributed by atoms with Crippen LogP contribution in [0.1, 0.15) is 38.7 Å². The number of aryl methyl sites for hydroxylation is 2. The number of H-pyrrole nitrogens is 1. The predicted octanol–water partition coefficient (Wildman–Crippen LogP) is 3.13. The van der Waals surface area contributed by atoms with Crippen LogP contribution in [0, 0.1) is 13.8 Å². The largest absolute Gasteiger partial charge is 0.373 e. The van der Waals surface area contributed by atoms with Crippen molar-refractivity contribution in [1.29, 1.82) is 0 Å². The summed E-state index contributed by atoms with van der Waals surface area (Å²) in [5, 5.41) is 7.57. The lowest BCUT2D eigenvalue weighted by Crippen LogP contribution is -2.30. The van der Waals surface area contributed by atoms with Crippen LogP contribution in [0.5, 0.6) is 0 Å². The Morgan fingerprint density at radius 3 is 2.72 bits per heavy atom. The number of fused-ring (bicyclic) bond motifs is 4. The lowest BCUT2D eigenvalue weighted by Gasteiger charge is -2.17. The quantitative estimate of drug-likeness (QED) is 0.572. The number of ether oxygens (including phenoxy) is 1. The van der Waals surface area contributed by atoms with Crippen LogP contribution in [0.2, 0.25) is 0 Å². The Morgan fingerprint density at radius 1 is 1.09 bits per heavy atom. The summed E-state index contributed by atoms with van der Waals surface area (Å²) in [5.74, 6) is -0.312. The van der Waals surface area contributed by atoms with Crippen molar-refractivity contribution in [3.05, 3.63) is 58.2 Å². The van der Waals surface area contributed by atoms with Gasteiger partial charge in [-0.05, 0) is 43.7 Å². The molecule has 5 rings (SSSR count). The normalized spacial score (nSPS) is 17.8. The number of hydrogen-bond acceptors (Lipinski definition) is 4. The highest BCUT2D eigenvalue weighted by atomic mass is 16.5. The van der Waals surface area contributed by atoms with Gasteiger partial charge in [-0.15, -0.1) is 0 Å². The van der Waals surface area contributed by atoms with Crippen molar-refractivity contribution in [2.75, 3.05) is 25.5 Å². The highest BCUT2D eigenvalue weighted by Gasteiger charge is 2.27. The van der Waals surface area contributed by atoms with Crippen molar-refractivity contribution in [3.8, 4) is 11.1 Å². The zero-order valence-electron chi connectivity index (χ0n) is 18.6. The molecule has 1 aromatic carbocycles. The number of anilines is 1. The summed E-state index contributed by atoms with van der Waals surface area (Å²) in [5.41, 5.74) is 7.92. The van der Waals surface area contributed by atoms with E-state index < -0.39 is 0 Å². The van der Waals surface area contributed by atoms with Crippen molar-refractivity contribution in [2.24, 2.45) is 7.05 Å². The third-order valence-electron chi connectivity index (χ3n) is 6.16. The van der Waals surface area contributed by atoms with E-state index in [0.29, 0.717) is 36.6 Å². The summed E-state index contributed by atoms with van der Waals surface area (Å²) in [6.07, 6.45) is 1.77. The maximum Gasteiger partial charge on any atom is 0.256 e. The van der Waals surface area contributed by atoms with Crippen LogP contribution < -0.4 is 5.32 Å². The SMILES string of the molecule is Cc1cc2c([nH]1)/C=C1/C(=O)Nc3ccc(cc31)-c1c(nn(C)c1C)COCCN(C)C2=O. The molecule has 2 amide bonds. The fraction of sp³-hybridized carbons (Fsp3) is 0.292.